The van der Waals surface area contributed by atoms with Crippen LogP contribution in [0, 0.1) is 5.92 Å². The molecule has 2 aromatic carbocycles. The first-order valence-corrected chi connectivity index (χ1v) is 7.65. The molecule has 0 spiro atoms. The van der Waals surface area contributed by atoms with Gasteiger partial charge in [0.05, 0.1) is 11.4 Å². The second kappa shape index (κ2) is 5.77. The van der Waals surface area contributed by atoms with Crippen molar-refractivity contribution in [3.63, 3.8) is 0 Å². The summed E-state index contributed by atoms with van der Waals surface area (Å²) in [6.07, 6.45) is 2.72. The Balaban J connectivity index is 1.61. The van der Waals surface area contributed by atoms with Gasteiger partial charge in [-0.15, -0.1) is 0 Å². The lowest BCUT2D eigenvalue weighted by atomic mass is 9.99. The molecule has 2 aromatic rings. The van der Waals surface area contributed by atoms with E-state index in [9.17, 15) is 9.59 Å². The number of hydrogen-bond donors (Lipinski definition) is 0. The number of amides is 2. The van der Waals surface area contributed by atoms with E-state index in [1.807, 2.05) is 42.5 Å². The zero-order chi connectivity index (χ0) is 16.5. The average Bonchev–Trinajstić information content (AvgIpc) is 3.15. The standard InChI is InChI=1S/C19H14N2O3/c22-18-16-15(12-11-13-7-3-1-4-8-13)20-24-17(16)19(23)21(18)14-9-5-2-6-10-14/h1-12,16-17H/b12-11+/t16-,17+/m0/s1. The van der Waals surface area contributed by atoms with Crippen LogP contribution in [0.25, 0.3) is 6.08 Å². The molecule has 2 atom stereocenters. The zero-order valence-corrected chi connectivity index (χ0v) is 12.7. The van der Waals surface area contributed by atoms with Gasteiger partial charge in [-0.25, -0.2) is 4.90 Å². The van der Waals surface area contributed by atoms with Gasteiger partial charge in [-0.3, -0.25) is 9.59 Å². The zero-order valence-electron chi connectivity index (χ0n) is 12.7. The highest BCUT2D eigenvalue weighted by Gasteiger charge is 2.55. The number of nitrogens with zero attached hydrogens (tertiary/aromatic N) is 2. The van der Waals surface area contributed by atoms with Crippen LogP contribution in [-0.2, 0) is 14.4 Å². The van der Waals surface area contributed by atoms with Gasteiger partial charge in [0.1, 0.15) is 5.92 Å². The molecule has 0 N–H and O–H groups in total. The van der Waals surface area contributed by atoms with Gasteiger partial charge in [-0.05, 0) is 23.8 Å². The predicted molar refractivity (Wildman–Crippen MR) is 90.2 cm³/mol. The van der Waals surface area contributed by atoms with E-state index in [2.05, 4.69) is 5.16 Å². The third kappa shape index (κ3) is 2.31. The Labute approximate surface area is 138 Å². The molecule has 0 aromatic heterocycles. The molecule has 2 aliphatic rings. The topological polar surface area (TPSA) is 59.0 Å². The number of para-hydroxylation sites is 1. The van der Waals surface area contributed by atoms with Gasteiger partial charge in [0.15, 0.2) is 0 Å². The minimum atomic E-state index is -0.867. The second-order valence-corrected chi connectivity index (χ2v) is 5.61. The smallest absolute Gasteiger partial charge is 0.278 e. The fourth-order valence-corrected chi connectivity index (χ4v) is 2.92. The number of rotatable bonds is 3. The lowest BCUT2D eigenvalue weighted by Gasteiger charge is -2.14. The fourth-order valence-electron chi connectivity index (χ4n) is 2.92. The molecule has 0 saturated carbocycles. The number of fused-ring (bicyclic) bond motifs is 1. The van der Waals surface area contributed by atoms with Gasteiger partial charge in [0.25, 0.3) is 5.91 Å². The van der Waals surface area contributed by atoms with Crippen molar-refractivity contribution in [1.29, 1.82) is 0 Å². The van der Waals surface area contributed by atoms with Crippen molar-refractivity contribution in [3.05, 3.63) is 72.3 Å². The van der Waals surface area contributed by atoms with Crippen LogP contribution < -0.4 is 4.90 Å². The average molecular weight is 318 g/mol. The van der Waals surface area contributed by atoms with E-state index in [1.165, 1.54) is 4.90 Å². The number of benzene rings is 2. The van der Waals surface area contributed by atoms with Crippen LogP contribution in [0.5, 0.6) is 0 Å². The summed E-state index contributed by atoms with van der Waals surface area (Å²) in [6, 6.07) is 18.5. The summed E-state index contributed by atoms with van der Waals surface area (Å²) in [7, 11) is 0. The molecule has 4 rings (SSSR count). The Morgan fingerprint density at radius 1 is 0.875 bits per heavy atom. The number of oxime groups is 1. The predicted octanol–water partition coefficient (Wildman–Crippen LogP) is 2.64. The van der Waals surface area contributed by atoms with Crippen molar-refractivity contribution in [1.82, 2.24) is 0 Å². The molecule has 2 amide bonds. The molecule has 2 aliphatic heterocycles. The van der Waals surface area contributed by atoms with Gasteiger partial charge >= 0.3 is 0 Å². The van der Waals surface area contributed by atoms with Crippen molar-refractivity contribution >= 4 is 29.3 Å². The highest BCUT2D eigenvalue weighted by atomic mass is 16.6. The van der Waals surface area contributed by atoms with Gasteiger partial charge in [-0.2, -0.15) is 0 Å². The Hall–Kier alpha value is -3.21. The molecule has 1 fully saturated rings. The number of hydrogen-bond acceptors (Lipinski definition) is 4. The van der Waals surface area contributed by atoms with E-state index in [1.54, 1.807) is 30.3 Å². The largest absolute Gasteiger partial charge is 0.381 e. The highest BCUT2D eigenvalue weighted by molar-refractivity contribution is 6.31. The first-order chi connectivity index (χ1) is 11.8. The van der Waals surface area contributed by atoms with Crippen LogP contribution in [-0.4, -0.2) is 23.6 Å². The van der Waals surface area contributed by atoms with Gasteiger partial charge < -0.3 is 4.84 Å². The normalized spacial score (nSPS) is 22.7. The Kier molecular flexibility index (Phi) is 3.46. The van der Waals surface area contributed by atoms with Crippen LogP contribution in [0.2, 0.25) is 0 Å². The highest BCUT2D eigenvalue weighted by Crippen LogP contribution is 2.33. The van der Waals surface area contributed by atoms with Crippen LogP contribution in [0.1, 0.15) is 5.56 Å². The summed E-state index contributed by atoms with van der Waals surface area (Å²) in [6.45, 7) is 0. The van der Waals surface area contributed by atoms with E-state index in [4.69, 9.17) is 4.84 Å². The number of imide groups is 1. The lowest BCUT2D eigenvalue weighted by Crippen LogP contribution is -2.32. The van der Waals surface area contributed by atoms with Gasteiger partial charge in [0.2, 0.25) is 12.0 Å². The van der Waals surface area contributed by atoms with E-state index in [-0.39, 0.29) is 11.8 Å². The minimum absolute atomic E-state index is 0.301. The van der Waals surface area contributed by atoms with Gasteiger partial charge in [-0.1, -0.05) is 59.8 Å². The number of carbonyl (C=O) groups excluding carboxylic acids is 2. The molecule has 24 heavy (non-hydrogen) atoms. The summed E-state index contributed by atoms with van der Waals surface area (Å²) in [5, 5.41) is 3.93. The maximum absolute atomic E-state index is 12.7. The van der Waals surface area contributed by atoms with Crippen molar-refractivity contribution in [2.75, 3.05) is 4.90 Å². The maximum Gasteiger partial charge on any atom is 0.278 e. The molecule has 0 radical (unpaired) electrons. The molecular weight excluding hydrogens is 304 g/mol. The molecule has 0 aliphatic carbocycles. The number of carbonyl (C=O) groups is 2. The van der Waals surface area contributed by atoms with Crippen molar-refractivity contribution < 1.29 is 14.4 Å². The summed E-state index contributed by atoms with van der Waals surface area (Å²) < 4.78 is 0. The van der Waals surface area contributed by atoms with Crippen molar-refractivity contribution in [2.24, 2.45) is 11.1 Å². The van der Waals surface area contributed by atoms with Crippen molar-refractivity contribution in [3.8, 4) is 0 Å². The molecule has 0 bridgehead atoms. The van der Waals surface area contributed by atoms with Crippen LogP contribution in [0.15, 0.2) is 71.9 Å². The van der Waals surface area contributed by atoms with E-state index < -0.39 is 12.0 Å². The van der Waals surface area contributed by atoms with Crippen LogP contribution in [0.3, 0.4) is 0 Å². The molecule has 1 saturated heterocycles. The summed E-state index contributed by atoms with van der Waals surface area (Å²) in [5.41, 5.74) is 2.01. The fraction of sp³-hybridized carbons (Fsp3) is 0.105. The molecule has 5 nitrogen and oxygen atoms in total. The summed E-state index contributed by atoms with van der Waals surface area (Å²) >= 11 is 0. The molecule has 118 valence electrons. The molecule has 2 heterocycles. The Morgan fingerprint density at radius 2 is 1.54 bits per heavy atom. The van der Waals surface area contributed by atoms with Crippen LogP contribution in [0.4, 0.5) is 5.69 Å². The van der Waals surface area contributed by atoms with Gasteiger partial charge in [0, 0.05) is 0 Å². The Bertz CT molecular complexity index is 843. The first-order valence-electron chi connectivity index (χ1n) is 7.65. The third-order valence-electron chi connectivity index (χ3n) is 4.10. The summed E-state index contributed by atoms with van der Waals surface area (Å²) in [4.78, 5) is 31.6. The lowest BCUT2D eigenvalue weighted by molar-refractivity contribution is -0.126. The monoisotopic (exact) mass is 318 g/mol. The van der Waals surface area contributed by atoms with E-state index >= 15 is 0 Å². The second-order valence-electron chi connectivity index (χ2n) is 5.61. The maximum atomic E-state index is 12.7. The van der Waals surface area contributed by atoms with Crippen molar-refractivity contribution in [2.45, 2.75) is 6.10 Å². The quantitative estimate of drug-likeness (QED) is 0.818. The molecule has 5 heteroatoms. The number of allylic oxidation sites excluding steroid dienone is 1. The summed E-state index contributed by atoms with van der Waals surface area (Å²) in [5.74, 6) is -1.36. The van der Waals surface area contributed by atoms with E-state index in [0.717, 1.165) is 5.56 Å². The molecular formula is C19H14N2O3. The SMILES string of the molecule is O=C1[C@H]2C(/C=C/c3ccccc3)=NO[C@H]2C(=O)N1c1ccccc1. The Morgan fingerprint density at radius 3 is 2.25 bits per heavy atom. The first kappa shape index (κ1) is 14.4. The molecule has 0 unspecified atom stereocenters. The minimum Gasteiger partial charge on any atom is -0.381 e. The third-order valence-corrected chi connectivity index (χ3v) is 4.10. The van der Waals surface area contributed by atoms with E-state index in [0.29, 0.717) is 11.4 Å². The van der Waals surface area contributed by atoms with Crippen LogP contribution >= 0.6 is 0 Å². The number of anilines is 1.